The molecule has 1 aliphatic carbocycles. The third-order valence-electron chi connectivity index (χ3n) is 5.24. The highest BCUT2D eigenvalue weighted by Gasteiger charge is 2.32. The number of H-pyrrole nitrogens is 1. The van der Waals surface area contributed by atoms with Crippen molar-refractivity contribution in [3.8, 4) is 5.88 Å². The molecule has 1 amide bonds. The monoisotopic (exact) mass is 340 g/mol. The predicted octanol–water partition coefficient (Wildman–Crippen LogP) is 2.29. The fourth-order valence-corrected chi connectivity index (χ4v) is 3.82. The smallest absolute Gasteiger partial charge is 0.226 e. The maximum atomic E-state index is 12.8. The molecule has 132 valence electrons. The van der Waals surface area contributed by atoms with Crippen molar-refractivity contribution in [2.24, 2.45) is 5.92 Å². The van der Waals surface area contributed by atoms with Crippen molar-refractivity contribution in [1.82, 2.24) is 19.9 Å². The van der Waals surface area contributed by atoms with Crippen LogP contribution in [0, 0.1) is 12.8 Å². The van der Waals surface area contributed by atoms with Crippen LogP contribution in [0.4, 0.5) is 0 Å². The van der Waals surface area contributed by atoms with E-state index >= 15 is 0 Å². The van der Waals surface area contributed by atoms with Crippen molar-refractivity contribution in [3.63, 3.8) is 0 Å². The number of rotatable bonds is 3. The van der Waals surface area contributed by atoms with Crippen molar-refractivity contribution >= 4 is 5.91 Å². The number of hydrogen-bond donors (Lipinski definition) is 1. The maximum Gasteiger partial charge on any atom is 0.226 e. The van der Waals surface area contributed by atoms with E-state index in [1.165, 1.54) is 0 Å². The zero-order valence-electron chi connectivity index (χ0n) is 14.6. The Hall–Kier alpha value is -2.37. The average molecular weight is 340 g/mol. The van der Waals surface area contributed by atoms with Crippen LogP contribution >= 0.6 is 0 Å². The second-order valence-electron chi connectivity index (χ2n) is 7.03. The number of piperidine rings is 1. The molecular weight excluding hydrogens is 316 g/mol. The van der Waals surface area contributed by atoms with Gasteiger partial charge in [0.1, 0.15) is 6.10 Å². The number of hydrogen-bond acceptors (Lipinski definition) is 4. The van der Waals surface area contributed by atoms with Crippen LogP contribution in [0.2, 0.25) is 0 Å². The third kappa shape index (κ3) is 3.52. The van der Waals surface area contributed by atoms with Crippen LogP contribution in [0.25, 0.3) is 0 Å². The molecule has 0 saturated carbocycles. The summed E-state index contributed by atoms with van der Waals surface area (Å²) in [6.07, 6.45) is 6.20. The van der Waals surface area contributed by atoms with E-state index in [9.17, 15) is 4.79 Å². The number of fused-ring (bicyclic) bond motifs is 1. The Bertz CT molecular complexity index is 749. The summed E-state index contributed by atoms with van der Waals surface area (Å²) >= 11 is 0. The molecule has 25 heavy (non-hydrogen) atoms. The Morgan fingerprint density at radius 2 is 2.12 bits per heavy atom. The molecule has 1 N–H and O–H groups in total. The van der Waals surface area contributed by atoms with Gasteiger partial charge in [-0.05, 0) is 25.8 Å². The molecule has 3 heterocycles. The topological polar surface area (TPSA) is 71.1 Å². The molecule has 4 rings (SSSR count). The van der Waals surface area contributed by atoms with Crippen LogP contribution in [0.3, 0.4) is 0 Å². The number of amides is 1. The summed E-state index contributed by atoms with van der Waals surface area (Å²) in [5.74, 6) is 1.06. The molecule has 0 radical (unpaired) electrons. The van der Waals surface area contributed by atoms with E-state index in [4.69, 9.17) is 4.74 Å². The van der Waals surface area contributed by atoms with Crippen molar-refractivity contribution in [1.29, 1.82) is 0 Å². The van der Waals surface area contributed by atoms with Gasteiger partial charge in [0.05, 0.1) is 12.0 Å². The molecule has 2 aliphatic rings. The largest absolute Gasteiger partial charge is 0.474 e. The minimum absolute atomic E-state index is 0.0869. The summed E-state index contributed by atoms with van der Waals surface area (Å²) in [4.78, 5) is 26.7. The standard InChI is InChI=1S/C19H24N4O2/c1-13-3-2-4-18(22-13)25-15-7-9-23(10-8-15)19(24)14-5-6-16-17(11-14)21-12-20-16/h2-4,12,14-15H,5-11H2,1H3,(H,20,21)/t14-/m1/s1. The van der Waals surface area contributed by atoms with E-state index < -0.39 is 0 Å². The Morgan fingerprint density at radius 3 is 2.92 bits per heavy atom. The van der Waals surface area contributed by atoms with Gasteiger partial charge in [-0.3, -0.25) is 4.79 Å². The minimum atomic E-state index is 0.0869. The molecule has 1 atom stereocenters. The first-order valence-electron chi connectivity index (χ1n) is 9.09. The second-order valence-corrected chi connectivity index (χ2v) is 7.03. The molecule has 6 heteroatoms. The third-order valence-corrected chi connectivity index (χ3v) is 5.24. The molecule has 1 saturated heterocycles. The van der Waals surface area contributed by atoms with Crippen LogP contribution < -0.4 is 4.74 Å². The molecule has 6 nitrogen and oxygen atoms in total. The molecule has 1 aliphatic heterocycles. The summed E-state index contributed by atoms with van der Waals surface area (Å²) in [5.41, 5.74) is 3.22. The van der Waals surface area contributed by atoms with Gasteiger partial charge in [0.2, 0.25) is 11.8 Å². The van der Waals surface area contributed by atoms with Gasteiger partial charge in [0, 0.05) is 55.7 Å². The van der Waals surface area contributed by atoms with Gasteiger partial charge in [-0.15, -0.1) is 0 Å². The number of imidazole rings is 1. The number of ether oxygens (including phenoxy) is 1. The number of nitrogens with zero attached hydrogens (tertiary/aromatic N) is 3. The van der Waals surface area contributed by atoms with Crippen LogP contribution in [0.1, 0.15) is 36.3 Å². The van der Waals surface area contributed by atoms with E-state index in [0.29, 0.717) is 5.88 Å². The summed E-state index contributed by atoms with van der Waals surface area (Å²) in [6.45, 7) is 3.49. The predicted molar refractivity (Wildman–Crippen MR) is 93.3 cm³/mol. The summed E-state index contributed by atoms with van der Waals surface area (Å²) in [7, 11) is 0. The zero-order chi connectivity index (χ0) is 17.2. The lowest BCUT2D eigenvalue weighted by Crippen LogP contribution is -2.45. The maximum absolute atomic E-state index is 12.8. The zero-order valence-corrected chi connectivity index (χ0v) is 14.6. The van der Waals surface area contributed by atoms with E-state index in [0.717, 1.165) is 62.3 Å². The quantitative estimate of drug-likeness (QED) is 0.930. The van der Waals surface area contributed by atoms with Crippen LogP contribution in [-0.2, 0) is 17.6 Å². The molecule has 0 spiro atoms. The van der Waals surface area contributed by atoms with Gasteiger partial charge in [0.15, 0.2) is 0 Å². The minimum Gasteiger partial charge on any atom is -0.474 e. The van der Waals surface area contributed by atoms with Gasteiger partial charge in [-0.25, -0.2) is 9.97 Å². The van der Waals surface area contributed by atoms with E-state index in [1.807, 2.05) is 30.0 Å². The van der Waals surface area contributed by atoms with Gasteiger partial charge in [0.25, 0.3) is 0 Å². The van der Waals surface area contributed by atoms with Crippen molar-refractivity contribution in [2.45, 2.75) is 45.1 Å². The van der Waals surface area contributed by atoms with Crippen LogP contribution in [0.15, 0.2) is 24.5 Å². The van der Waals surface area contributed by atoms with Gasteiger partial charge >= 0.3 is 0 Å². The van der Waals surface area contributed by atoms with Crippen LogP contribution in [0.5, 0.6) is 5.88 Å². The average Bonchev–Trinajstić information content (AvgIpc) is 3.09. The van der Waals surface area contributed by atoms with E-state index in [-0.39, 0.29) is 17.9 Å². The summed E-state index contributed by atoms with van der Waals surface area (Å²) in [5, 5.41) is 0. The molecule has 0 unspecified atom stereocenters. The van der Waals surface area contributed by atoms with Gasteiger partial charge < -0.3 is 14.6 Å². The number of aromatic nitrogens is 3. The first-order valence-corrected chi connectivity index (χ1v) is 9.09. The van der Waals surface area contributed by atoms with Crippen molar-refractivity contribution in [2.75, 3.05) is 13.1 Å². The Morgan fingerprint density at radius 1 is 1.28 bits per heavy atom. The second kappa shape index (κ2) is 6.86. The molecule has 1 fully saturated rings. The van der Waals surface area contributed by atoms with Crippen LogP contribution in [-0.4, -0.2) is 45.0 Å². The van der Waals surface area contributed by atoms with Gasteiger partial charge in [-0.2, -0.15) is 0 Å². The Balaban J connectivity index is 1.30. The molecule has 2 aromatic heterocycles. The number of nitrogens with one attached hydrogen (secondary N) is 1. The molecule has 2 aromatic rings. The molecule has 0 aromatic carbocycles. The lowest BCUT2D eigenvalue weighted by atomic mass is 9.88. The highest BCUT2D eigenvalue weighted by molar-refractivity contribution is 5.79. The number of likely N-dealkylation sites (tertiary alicyclic amines) is 1. The SMILES string of the molecule is Cc1cccc(OC2CCN(C(=O)[C@@H]3CCc4nc[nH]c4C3)CC2)n1. The fourth-order valence-electron chi connectivity index (χ4n) is 3.82. The summed E-state index contributed by atoms with van der Waals surface area (Å²) < 4.78 is 5.98. The van der Waals surface area contributed by atoms with E-state index in [1.54, 1.807) is 6.33 Å². The number of carbonyl (C=O) groups is 1. The number of aryl methyl sites for hydroxylation is 2. The summed E-state index contributed by atoms with van der Waals surface area (Å²) in [6, 6.07) is 5.82. The van der Waals surface area contributed by atoms with Gasteiger partial charge in [-0.1, -0.05) is 6.07 Å². The Labute approximate surface area is 147 Å². The fraction of sp³-hybridized carbons (Fsp3) is 0.526. The number of pyridine rings is 1. The lowest BCUT2D eigenvalue weighted by Gasteiger charge is -2.35. The molecular formula is C19H24N4O2. The van der Waals surface area contributed by atoms with E-state index in [2.05, 4.69) is 15.0 Å². The molecule has 0 bridgehead atoms. The number of carbonyl (C=O) groups excluding carboxylic acids is 1. The lowest BCUT2D eigenvalue weighted by molar-refractivity contribution is -0.137. The van der Waals surface area contributed by atoms with Crippen molar-refractivity contribution in [3.05, 3.63) is 41.6 Å². The first-order chi connectivity index (χ1) is 12.2. The van der Waals surface area contributed by atoms with Crippen molar-refractivity contribution < 1.29 is 9.53 Å². The highest BCUT2D eigenvalue weighted by atomic mass is 16.5. The normalized spacial score (nSPS) is 21.0. The highest BCUT2D eigenvalue weighted by Crippen LogP contribution is 2.26. The Kier molecular flexibility index (Phi) is 4.42. The number of aromatic amines is 1. The first kappa shape index (κ1) is 16.1.